The van der Waals surface area contributed by atoms with E-state index in [1.165, 1.54) is 10.7 Å². The summed E-state index contributed by atoms with van der Waals surface area (Å²) >= 11 is 0. The van der Waals surface area contributed by atoms with E-state index < -0.39 is 4.92 Å². The summed E-state index contributed by atoms with van der Waals surface area (Å²) in [5.41, 5.74) is 1.38. The summed E-state index contributed by atoms with van der Waals surface area (Å²) in [5, 5.41) is 17.2. The van der Waals surface area contributed by atoms with Gasteiger partial charge in [0.1, 0.15) is 0 Å². The van der Waals surface area contributed by atoms with Crippen molar-refractivity contribution in [3.05, 3.63) is 52.2 Å². The van der Waals surface area contributed by atoms with Gasteiger partial charge < -0.3 is 15.4 Å². The number of aromatic nitrogens is 2. The van der Waals surface area contributed by atoms with Gasteiger partial charge in [-0.3, -0.25) is 4.79 Å². The number of benzene rings is 1. The van der Waals surface area contributed by atoms with Crippen LogP contribution < -0.4 is 5.32 Å². The van der Waals surface area contributed by atoms with E-state index in [2.05, 4.69) is 10.4 Å². The first-order valence-corrected chi connectivity index (χ1v) is 6.10. The number of carbonyl (C=O) groups is 1. The van der Waals surface area contributed by atoms with Crippen molar-refractivity contribution >= 4 is 17.4 Å². The molecular formula is C13H14N4O3. The van der Waals surface area contributed by atoms with Crippen LogP contribution in [0.5, 0.6) is 0 Å². The Kier molecular flexibility index (Phi) is 4.09. The van der Waals surface area contributed by atoms with E-state index in [1.54, 1.807) is 19.1 Å². The minimum Gasteiger partial charge on any atom is -0.358 e. The van der Waals surface area contributed by atoms with Crippen molar-refractivity contribution < 1.29 is 9.72 Å². The molecule has 7 nitrogen and oxygen atoms in total. The molecule has 0 aliphatic rings. The molecule has 2 rings (SSSR count). The molecule has 1 N–H and O–H groups in total. The van der Waals surface area contributed by atoms with Crippen LogP contribution >= 0.6 is 0 Å². The lowest BCUT2D eigenvalue weighted by Gasteiger charge is -2.04. The highest BCUT2D eigenvalue weighted by molar-refractivity contribution is 5.90. The molecule has 0 saturated carbocycles. The van der Waals surface area contributed by atoms with Crippen molar-refractivity contribution in [2.24, 2.45) is 0 Å². The number of hydrogen-bond acceptors (Lipinski definition) is 4. The van der Waals surface area contributed by atoms with Gasteiger partial charge in [0, 0.05) is 12.1 Å². The zero-order chi connectivity index (χ0) is 14.5. The van der Waals surface area contributed by atoms with Gasteiger partial charge in [0.2, 0.25) is 5.91 Å². The standard InChI is InChI=1S/C13H14N4O3/c1-10-9-12(17(19)20)15-16(10)8-7-13(18)14-11-5-3-2-4-6-11/h2-6,9H,7-8H2,1H3,(H,14,18). The largest absolute Gasteiger partial charge is 0.390 e. The molecule has 1 aromatic heterocycles. The molecule has 7 heteroatoms. The Morgan fingerprint density at radius 2 is 2.10 bits per heavy atom. The van der Waals surface area contributed by atoms with Crippen molar-refractivity contribution in [3.63, 3.8) is 0 Å². The van der Waals surface area contributed by atoms with E-state index in [1.807, 2.05) is 18.2 Å². The lowest BCUT2D eigenvalue weighted by atomic mass is 10.3. The summed E-state index contributed by atoms with van der Waals surface area (Å²) in [6.07, 6.45) is 0.203. The van der Waals surface area contributed by atoms with Gasteiger partial charge in [-0.25, -0.2) is 0 Å². The molecule has 1 amide bonds. The number of hydrogen-bond donors (Lipinski definition) is 1. The van der Waals surface area contributed by atoms with E-state index in [4.69, 9.17) is 0 Å². The molecule has 1 aromatic carbocycles. The van der Waals surface area contributed by atoms with E-state index in [0.717, 1.165) is 5.69 Å². The van der Waals surface area contributed by atoms with Gasteiger partial charge in [-0.15, -0.1) is 0 Å². The fraction of sp³-hybridized carbons (Fsp3) is 0.231. The van der Waals surface area contributed by atoms with Crippen molar-refractivity contribution in [2.75, 3.05) is 5.32 Å². The van der Waals surface area contributed by atoms with E-state index in [9.17, 15) is 14.9 Å². The van der Waals surface area contributed by atoms with Crippen LogP contribution in [0.3, 0.4) is 0 Å². The van der Waals surface area contributed by atoms with Gasteiger partial charge in [0.25, 0.3) is 0 Å². The van der Waals surface area contributed by atoms with Crippen LogP contribution in [0.1, 0.15) is 12.1 Å². The van der Waals surface area contributed by atoms with Crippen LogP contribution in [-0.4, -0.2) is 20.6 Å². The molecule has 0 spiro atoms. The number of para-hydroxylation sites is 1. The first kappa shape index (κ1) is 13.7. The number of amides is 1. The molecule has 0 radical (unpaired) electrons. The number of anilines is 1. The third-order valence-electron chi connectivity index (χ3n) is 2.76. The minimum atomic E-state index is -0.548. The van der Waals surface area contributed by atoms with Crippen molar-refractivity contribution in [2.45, 2.75) is 19.9 Å². The quantitative estimate of drug-likeness (QED) is 0.668. The van der Waals surface area contributed by atoms with Gasteiger partial charge in [0.05, 0.1) is 23.4 Å². The van der Waals surface area contributed by atoms with E-state index >= 15 is 0 Å². The first-order chi connectivity index (χ1) is 9.56. The molecule has 104 valence electrons. The predicted octanol–water partition coefficient (Wildman–Crippen LogP) is 2.13. The normalized spacial score (nSPS) is 10.2. The summed E-state index contributed by atoms with van der Waals surface area (Å²) in [6.45, 7) is 2.02. The summed E-state index contributed by atoms with van der Waals surface area (Å²) in [5.74, 6) is -0.361. The number of nitro groups is 1. The molecular weight excluding hydrogens is 260 g/mol. The topological polar surface area (TPSA) is 90.1 Å². The zero-order valence-corrected chi connectivity index (χ0v) is 10.9. The summed E-state index contributed by atoms with van der Waals surface area (Å²) in [4.78, 5) is 21.8. The van der Waals surface area contributed by atoms with Crippen LogP contribution in [0.2, 0.25) is 0 Å². The van der Waals surface area contributed by atoms with Crippen LogP contribution in [0.4, 0.5) is 11.5 Å². The van der Waals surface area contributed by atoms with Crippen molar-refractivity contribution in [1.82, 2.24) is 9.78 Å². The second kappa shape index (κ2) is 5.96. The number of carbonyl (C=O) groups excluding carboxylic acids is 1. The molecule has 0 aliphatic heterocycles. The first-order valence-electron chi connectivity index (χ1n) is 6.10. The highest BCUT2D eigenvalue weighted by Gasteiger charge is 2.15. The Balaban J connectivity index is 1.92. The van der Waals surface area contributed by atoms with Gasteiger partial charge in [0.15, 0.2) is 0 Å². The minimum absolute atomic E-state index is 0.159. The van der Waals surface area contributed by atoms with Crippen molar-refractivity contribution in [1.29, 1.82) is 0 Å². The Labute approximate surface area is 115 Å². The van der Waals surface area contributed by atoms with Crippen LogP contribution in [-0.2, 0) is 11.3 Å². The molecule has 0 fully saturated rings. The van der Waals surface area contributed by atoms with E-state index in [0.29, 0.717) is 12.2 Å². The Bertz CT molecular complexity index is 622. The Morgan fingerprint density at radius 1 is 1.40 bits per heavy atom. The highest BCUT2D eigenvalue weighted by atomic mass is 16.6. The molecule has 0 unspecified atom stereocenters. The lowest BCUT2D eigenvalue weighted by molar-refractivity contribution is -0.389. The van der Waals surface area contributed by atoms with Crippen LogP contribution in [0.25, 0.3) is 0 Å². The molecule has 1 heterocycles. The second-order valence-corrected chi connectivity index (χ2v) is 4.29. The fourth-order valence-electron chi connectivity index (χ4n) is 1.76. The SMILES string of the molecule is Cc1cc([N+](=O)[O-])nn1CCC(=O)Nc1ccccc1. The van der Waals surface area contributed by atoms with E-state index in [-0.39, 0.29) is 18.1 Å². The van der Waals surface area contributed by atoms with Gasteiger partial charge >= 0.3 is 5.82 Å². The third kappa shape index (κ3) is 3.41. The van der Waals surface area contributed by atoms with Crippen LogP contribution in [0, 0.1) is 17.0 Å². The highest BCUT2D eigenvalue weighted by Crippen LogP contribution is 2.12. The maximum absolute atomic E-state index is 11.8. The smallest absolute Gasteiger partial charge is 0.358 e. The van der Waals surface area contributed by atoms with Crippen LogP contribution in [0.15, 0.2) is 36.4 Å². The van der Waals surface area contributed by atoms with Gasteiger partial charge in [-0.1, -0.05) is 18.2 Å². The molecule has 2 aromatic rings. The fourth-order valence-corrected chi connectivity index (χ4v) is 1.76. The monoisotopic (exact) mass is 274 g/mol. The Hall–Kier alpha value is -2.70. The lowest BCUT2D eigenvalue weighted by Crippen LogP contribution is -2.15. The number of nitrogens with one attached hydrogen (secondary N) is 1. The predicted molar refractivity (Wildman–Crippen MR) is 73.3 cm³/mol. The van der Waals surface area contributed by atoms with Gasteiger partial charge in [-0.2, -0.15) is 4.68 Å². The molecule has 20 heavy (non-hydrogen) atoms. The summed E-state index contributed by atoms with van der Waals surface area (Å²) in [6, 6.07) is 10.5. The number of aryl methyl sites for hydroxylation is 2. The van der Waals surface area contributed by atoms with Crippen molar-refractivity contribution in [3.8, 4) is 0 Å². The van der Waals surface area contributed by atoms with Gasteiger partial charge in [-0.05, 0) is 24.0 Å². The molecule has 0 bridgehead atoms. The average Bonchev–Trinajstić information content (AvgIpc) is 2.79. The Morgan fingerprint density at radius 3 is 2.70 bits per heavy atom. The maximum Gasteiger partial charge on any atom is 0.390 e. The molecule has 0 atom stereocenters. The zero-order valence-electron chi connectivity index (χ0n) is 10.9. The maximum atomic E-state index is 11.8. The third-order valence-corrected chi connectivity index (χ3v) is 2.76. The number of rotatable bonds is 5. The summed E-state index contributed by atoms with van der Waals surface area (Å²) in [7, 11) is 0. The number of nitrogens with zero attached hydrogens (tertiary/aromatic N) is 3. The average molecular weight is 274 g/mol. The summed E-state index contributed by atoms with van der Waals surface area (Å²) < 4.78 is 1.46. The second-order valence-electron chi connectivity index (χ2n) is 4.29. The molecule has 0 saturated heterocycles. The molecule has 0 aliphatic carbocycles.